The van der Waals surface area contributed by atoms with Gasteiger partial charge in [0.05, 0.1) is 7.11 Å². The highest BCUT2D eigenvalue weighted by molar-refractivity contribution is 5.78. The molecule has 0 aromatic carbocycles. The zero-order chi connectivity index (χ0) is 13.1. The molecule has 17 heavy (non-hydrogen) atoms. The fourth-order valence-electron chi connectivity index (χ4n) is 2.34. The number of likely N-dealkylation sites (N-methyl/N-ethyl adjacent to an activating group) is 1. The normalized spacial score (nSPS) is 27.2. The number of carbonyl (C=O) groups excluding carboxylic acids is 1. The van der Waals surface area contributed by atoms with E-state index in [9.17, 15) is 9.90 Å². The summed E-state index contributed by atoms with van der Waals surface area (Å²) in [5.74, 6) is -0.567. The Kier molecular flexibility index (Phi) is 4.91. The summed E-state index contributed by atoms with van der Waals surface area (Å²) in [6, 6.07) is 0.332. The molecule has 5 heteroatoms. The average Bonchev–Trinajstić information content (AvgIpc) is 2.39. The molecule has 1 saturated heterocycles. The van der Waals surface area contributed by atoms with Crippen LogP contribution < -0.4 is 0 Å². The van der Waals surface area contributed by atoms with Crippen LogP contribution in [0, 0.1) is 0 Å². The van der Waals surface area contributed by atoms with E-state index in [-0.39, 0.29) is 0 Å². The summed E-state index contributed by atoms with van der Waals surface area (Å²) in [4.78, 5) is 15.9. The zero-order valence-electron chi connectivity index (χ0n) is 11.3. The van der Waals surface area contributed by atoms with Crippen LogP contribution in [0.3, 0.4) is 0 Å². The number of esters is 1. The molecule has 0 spiro atoms. The first-order valence-corrected chi connectivity index (χ1v) is 6.10. The molecule has 0 aromatic rings. The number of methoxy groups -OCH3 is 1. The van der Waals surface area contributed by atoms with E-state index in [0.717, 1.165) is 26.1 Å². The second kappa shape index (κ2) is 5.80. The van der Waals surface area contributed by atoms with Gasteiger partial charge in [-0.3, -0.25) is 4.90 Å². The maximum atomic E-state index is 11.5. The number of rotatable bonds is 3. The Balaban J connectivity index is 2.63. The van der Waals surface area contributed by atoms with Crippen molar-refractivity contribution in [2.24, 2.45) is 0 Å². The monoisotopic (exact) mass is 244 g/mol. The van der Waals surface area contributed by atoms with Crippen molar-refractivity contribution < 1.29 is 14.6 Å². The number of hydrogen-bond donors (Lipinski definition) is 1. The standard InChI is InChI=1S/C12H24N2O3/c1-10-8-13(3)6-5-7-14(10)9-12(2,16)11(15)17-4/h10,16H,5-9H2,1-4H3. The molecule has 0 aliphatic carbocycles. The summed E-state index contributed by atoms with van der Waals surface area (Å²) in [5.41, 5.74) is -1.42. The third-order valence-corrected chi connectivity index (χ3v) is 3.32. The topological polar surface area (TPSA) is 53.0 Å². The molecule has 0 bridgehead atoms. The summed E-state index contributed by atoms with van der Waals surface area (Å²) in [6.07, 6.45) is 1.05. The molecular formula is C12H24N2O3. The van der Waals surface area contributed by atoms with Crippen molar-refractivity contribution in [1.29, 1.82) is 0 Å². The average molecular weight is 244 g/mol. The molecule has 1 aliphatic rings. The van der Waals surface area contributed by atoms with Crippen LogP contribution in [0.2, 0.25) is 0 Å². The molecule has 100 valence electrons. The van der Waals surface area contributed by atoms with Crippen LogP contribution in [0.15, 0.2) is 0 Å². The number of carbonyl (C=O) groups is 1. The van der Waals surface area contributed by atoms with Gasteiger partial charge < -0.3 is 14.7 Å². The summed E-state index contributed by atoms with van der Waals surface area (Å²) < 4.78 is 4.62. The molecule has 1 fully saturated rings. The Morgan fingerprint density at radius 2 is 2.18 bits per heavy atom. The van der Waals surface area contributed by atoms with E-state index in [4.69, 9.17) is 0 Å². The first-order chi connectivity index (χ1) is 7.86. The fraction of sp³-hybridized carbons (Fsp3) is 0.917. The van der Waals surface area contributed by atoms with Crippen LogP contribution in [-0.4, -0.2) is 72.9 Å². The molecule has 1 heterocycles. The first kappa shape index (κ1) is 14.4. The number of aliphatic hydroxyl groups is 1. The lowest BCUT2D eigenvalue weighted by molar-refractivity contribution is -0.162. The largest absolute Gasteiger partial charge is 0.467 e. The highest BCUT2D eigenvalue weighted by Crippen LogP contribution is 2.14. The van der Waals surface area contributed by atoms with E-state index in [1.54, 1.807) is 0 Å². The molecule has 0 saturated carbocycles. The molecule has 1 N–H and O–H groups in total. The van der Waals surface area contributed by atoms with Gasteiger partial charge in [-0.2, -0.15) is 0 Å². The van der Waals surface area contributed by atoms with Gasteiger partial charge in [0.2, 0.25) is 0 Å². The molecule has 5 nitrogen and oxygen atoms in total. The van der Waals surface area contributed by atoms with E-state index in [1.165, 1.54) is 14.0 Å². The van der Waals surface area contributed by atoms with Crippen molar-refractivity contribution in [1.82, 2.24) is 9.80 Å². The number of hydrogen-bond acceptors (Lipinski definition) is 5. The smallest absolute Gasteiger partial charge is 0.338 e. The van der Waals surface area contributed by atoms with Gasteiger partial charge in [-0.1, -0.05) is 0 Å². The van der Waals surface area contributed by atoms with Gasteiger partial charge in [0, 0.05) is 19.1 Å². The lowest BCUT2D eigenvalue weighted by Crippen LogP contribution is -2.51. The SMILES string of the molecule is COC(=O)C(C)(O)CN1CCCN(C)CC1C. The van der Waals surface area contributed by atoms with E-state index in [0.29, 0.717) is 12.6 Å². The van der Waals surface area contributed by atoms with E-state index in [2.05, 4.69) is 28.5 Å². The van der Waals surface area contributed by atoms with Gasteiger partial charge in [-0.15, -0.1) is 0 Å². The minimum absolute atomic E-state index is 0.328. The Morgan fingerprint density at radius 1 is 1.53 bits per heavy atom. The second-order valence-electron chi connectivity index (χ2n) is 5.20. The van der Waals surface area contributed by atoms with Crippen LogP contribution in [0.5, 0.6) is 0 Å². The Hall–Kier alpha value is -0.650. The van der Waals surface area contributed by atoms with Crippen molar-refractivity contribution in [3.8, 4) is 0 Å². The number of ether oxygens (including phenoxy) is 1. The maximum Gasteiger partial charge on any atom is 0.338 e. The maximum absolute atomic E-state index is 11.5. The van der Waals surface area contributed by atoms with Gasteiger partial charge >= 0.3 is 5.97 Å². The van der Waals surface area contributed by atoms with Crippen molar-refractivity contribution in [3.05, 3.63) is 0 Å². The molecule has 2 atom stereocenters. The summed E-state index contributed by atoms with van der Waals surface area (Å²) >= 11 is 0. The summed E-state index contributed by atoms with van der Waals surface area (Å²) in [5, 5.41) is 10.1. The second-order valence-corrected chi connectivity index (χ2v) is 5.20. The van der Waals surface area contributed by atoms with Gasteiger partial charge in [0.15, 0.2) is 5.60 Å². The van der Waals surface area contributed by atoms with Crippen molar-refractivity contribution >= 4 is 5.97 Å². The van der Waals surface area contributed by atoms with E-state index < -0.39 is 11.6 Å². The summed E-state index contributed by atoms with van der Waals surface area (Å²) in [6.45, 7) is 6.88. The highest BCUT2D eigenvalue weighted by Gasteiger charge is 2.35. The Morgan fingerprint density at radius 3 is 2.76 bits per heavy atom. The van der Waals surface area contributed by atoms with Gasteiger partial charge in [-0.25, -0.2) is 4.79 Å². The predicted octanol–water partition coefficient (Wildman–Crippen LogP) is -0.0636. The molecule has 1 rings (SSSR count). The van der Waals surface area contributed by atoms with E-state index in [1.807, 2.05) is 0 Å². The van der Waals surface area contributed by atoms with E-state index >= 15 is 0 Å². The molecule has 2 unspecified atom stereocenters. The molecule has 0 aromatic heterocycles. The van der Waals surface area contributed by atoms with Gasteiger partial charge in [0.1, 0.15) is 0 Å². The Bertz CT molecular complexity index is 268. The molecule has 0 amide bonds. The lowest BCUT2D eigenvalue weighted by Gasteiger charge is -2.33. The van der Waals surface area contributed by atoms with Crippen LogP contribution >= 0.6 is 0 Å². The number of nitrogens with zero attached hydrogens (tertiary/aromatic N) is 2. The minimum atomic E-state index is -1.42. The first-order valence-electron chi connectivity index (χ1n) is 6.10. The minimum Gasteiger partial charge on any atom is -0.467 e. The molecule has 1 aliphatic heterocycles. The fourth-order valence-corrected chi connectivity index (χ4v) is 2.34. The van der Waals surface area contributed by atoms with Gasteiger partial charge in [-0.05, 0) is 40.4 Å². The number of β-amino-alcohol motifs (C(OH)–C–C–N with tert-alkyl or cyclic N) is 1. The molecule has 0 radical (unpaired) electrons. The van der Waals surface area contributed by atoms with Crippen LogP contribution in [-0.2, 0) is 9.53 Å². The van der Waals surface area contributed by atoms with Crippen molar-refractivity contribution in [2.45, 2.75) is 31.9 Å². The zero-order valence-corrected chi connectivity index (χ0v) is 11.3. The van der Waals surface area contributed by atoms with Crippen LogP contribution in [0.25, 0.3) is 0 Å². The molecular weight excluding hydrogens is 220 g/mol. The van der Waals surface area contributed by atoms with Gasteiger partial charge in [0.25, 0.3) is 0 Å². The van der Waals surface area contributed by atoms with Crippen LogP contribution in [0.1, 0.15) is 20.3 Å². The highest BCUT2D eigenvalue weighted by atomic mass is 16.5. The third kappa shape index (κ3) is 3.94. The lowest BCUT2D eigenvalue weighted by atomic mass is 10.1. The van der Waals surface area contributed by atoms with Crippen molar-refractivity contribution in [2.75, 3.05) is 40.3 Å². The Labute approximate surface area is 103 Å². The van der Waals surface area contributed by atoms with Crippen molar-refractivity contribution in [3.63, 3.8) is 0 Å². The summed E-state index contributed by atoms with van der Waals surface area (Å²) in [7, 11) is 3.40. The van der Waals surface area contributed by atoms with Crippen LogP contribution in [0.4, 0.5) is 0 Å². The quantitative estimate of drug-likeness (QED) is 0.705. The third-order valence-electron chi connectivity index (χ3n) is 3.32. The predicted molar refractivity (Wildman–Crippen MR) is 65.8 cm³/mol.